The van der Waals surface area contributed by atoms with Gasteiger partial charge < -0.3 is 16.0 Å². The number of likely N-dealkylation sites (N-methyl/N-ethyl adjacent to an activating group) is 1. The maximum atomic E-state index is 12.3. The van der Waals surface area contributed by atoms with Gasteiger partial charge in [0.1, 0.15) is 0 Å². The van der Waals surface area contributed by atoms with E-state index in [0.717, 1.165) is 5.56 Å². The third kappa shape index (κ3) is 8.63. The number of halogens is 1. The van der Waals surface area contributed by atoms with Gasteiger partial charge in [-0.15, -0.1) is 0 Å². The second-order valence-corrected chi connectivity index (χ2v) is 7.27. The van der Waals surface area contributed by atoms with Crippen molar-refractivity contribution in [2.24, 2.45) is 0 Å². The van der Waals surface area contributed by atoms with E-state index >= 15 is 0 Å². The summed E-state index contributed by atoms with van der Waals surface area (Å²) in [4.78, 5) is 37.3. The summed E-state index contributed by atoms with van der Waals surface area (Å²) in [6.07, 6.45) is 0.712. The van der Waals surface area contributed by atoms with Crippen LogP contribution in [0, 0.1) is 0 Å². The molecule has 0 spiro atoms. The molecule has 0 unspecified atom stereocenters. The van der Waals surface area contributed by atoms with Crippen molar-refractivity contribution in [1.82, 2.24) is 10.2 Å². The summed E-state index contributed by atoms with van der Waals surface area (Å²) in [7, 11) is 0. The molecule has 3 amide bonds. The minimum Gasteiger partial charge on any atom is -0.355 e. The molecule has 0 aliphatic rings. The number of nitrogens with one attached hydrogen (secondary N) is 3. The first kappa shape index (κ1) is 23.4. The molecule has 2 rings (SSSR count). The topological polar surface area (TPSA) is 90.5 Å². The zero-order chi connectivity index (χ0) is 21.9. The number of benzene rings is 2. The molecule has 0 fully saturated rings. The summed E-state index contributed by atoms with van der Waals surface area (Å²) < 4.78 is 0. The molecule has 7 nitrogen and oxygen atoms in total. The molecule has 0 aliphatic heterocycles. The van der Waals surface area contributed by atoms with Crippen LogP contribution in [0.15, 0.2) is 48.5 Å². The lowest BCUT2D eigenvalue weighted by atomic mass is 10.1. The fraction of sp³-hybridized carbons (Fsp3) is 0.318. The molecule has 0 radical (unpaired) electrons. The highest BCUT2D eigenvalue weighted by molar-refractivity contribution is 6.30. The maximum Gasteiger partial charge on any atom is 0.238 e. The van der Waals surface area contributed by atoms with Gasteiger partial charge in [0.05, 0.1) is 13.1 Å². The van der Waals surface area contributed by atoms with Gasteiger partial charge >= 0.3 is 0 Å². The Hall–Kier alpha value is -2.90. The first-order valence-corrected chi connectivity index (χ1v) is 10.1. The van der Waals surface area contributed by atoms with E-state index in [1.165, 1.54) is 6.92 Å². The molecule has 0 heterocycles. The highest BCUT2D eigenvalue weighted by atomic mass is 35.5. The second-order valence-electron chi connectivity index (χ2n) is 6.84. The zero-order valence-corrected chi connectivity index (χ0v) is 18.0. The standard InChI is InChI=1S/C22H27ClN4O3/c1-3-27(14-21(29)24-13-12-17-4-6-18(23)7-5-17)15-22(30)26-20-10-8-19(9-11-20)25-16(2)28/h4-11H,3,12-15H2,1-2H3,(H,24,29)(H,25,28)(H,26,30). The third-order valence-electron chi connectivity index (χ3n) is 4.32. The normalized spacial score (nSPS) is 10.5. The number of hydrogen-bond donors (Lipinski definition) is 3. The molecule has 3 N–H and O–H groups in total. The molecule has 0 saturated heterocycles. The van der Waals surface area contributed by atoms with Gasteiger partial charge in [0.2, 0.25) is 17.7 Å². The van der Waals surface area contributed by atoms with Gasteiger partial charge in [0.15, 0.2) is 0 Å². The lowest BCUT2D eigenvalue weighted by Gasteiger charge is -2.19. The Labute approximate surface area is 181 Å². The van der Waals surface area contributed by atoms with Crippen LogP contribution in [-0.4, -0.2) is 48.8 Å². The Balaban J connectivity index is 1.74. The number of amides is 3. The largest absolute Gasteiger partial charge is 0.355 e. The first-order chi connectivity index (χ1) is 14.4. The van der Waals surface area contributed by atoms with Crippen molar-refractivity contribution >= 4 is 40.7 Å². The number of anilines is 2. The SMILES string of the molecule is CCN(CC(=O)NCCc1ccc(Cl)cc1)CC(=O)Nc1ccc(NC(C)=O)cc1. The summed E-state index contributed by atoms with van der Waals surface area (Å²) in [5.74, 6) is -0.492. The fourth-order valence-corrected chi connectivity index (χ4v) is 2.91. The molecule has 8 heteroatoms. The molecular weight excluding hydrogens is 404 g/mol. The van der Waals surface area contributed by atoms with Gasteiger partial charge in [0, 0.05) is 29.9 Å². The number of rotatable bonds is 10. The minimum absolute atomic E-state index is 0.106. The van der Waals surface area contributed by atoms with Crippen LogP contribution in [-0.2, 0) is 20.8 Å². The van der Waals surface area contributed by atoms with E-state index in [1.807, 2.05) is 31.2 Å². The van der Waals surface area contributed by atoms with Crippen molar-refractivity contribution in [3.8, 4) is 0 Å². The van der Waals surface area contributed by atoms with Crippen LogP contribution in [0.3, 0.4) is 0 Å². The number of hydrogen-bond acceptors (Lipinski definition) is 4. The molecule has 2 aromatic carbocycles. The van der Waals surface area contributed by atoms with Crippen molar-refractivity contribution in [2.45, 2.75) is 20.3 Å². The summed E-state index contributed by atoms with van der Waals surface area (Å²) in [5.41, 5.74) is 2.37. The molecule has 2 aromatic rings. The number of carbonyl (C=O) groups is 3. The van der Waals surface area contributed by atoms with Crippen LogP contribution in [0.25, 0.3) is 0 Å². The lowest BCUT2D eigenvalue weighted by molar-refractivity contribution is -0.123. The molecule has 0 atom stereocenters. The highest BCUT2D eigenvalue weighted by Gasteiger charge is 2.13. The highest BCUT2D eigenvalue weighted by Crippen LogP contribution is 2.13. The van der Waals surface area contributed by atoms with Crippen LogP contribution in [0.1, 0.15) is 19.4 Å². The number of nitrogens with zero attached hydrogens (tertiary/aromatic N) is 1. The van der Waals surface area contributed by atoms with E-state index in [1.54, 1.807) is 29.2 Å². The Morgan fingerprint density at radius 3 is 2.00 bits per heavy atom. The third-order valence-corrected chi connectivity index (χ3v) is 4.57. The Morgan fingerprint density at radius 1 is 0.867 bits per heavy atom. The first-order valence-electron chi connectivity index (χ1n) is 9.76. The van der Waals surface area contributed by atoms with Crippen LogP contribution in [0.4, 0.5) is 11.4 Å². The Bertz CT molecular complexity index is 854. The van der Waals surface area contributed by atoms with Crippen molar-refractivity contribution in [3.05, 3.63) is 59.1 Å². The number of carbonyl (C=O) groups excluding carboxylic acids is 3. The van der Waals surface area contributed by atoms with E-state index < -0.39 is 0 Å². The molecule has 0 saturated carbocycles. The van der Waals surface area contributed by atoms with E-state index in [-0.39, 0.29) is 30.8 Å². The summed E-state index contributed by atoms with van der Waals surface area (Å²) in [6.45, 7) is 4.67. The molecule has 0 bridgehead atoms. The van der Waals surface area contributed by atoms with Gasteiger partial charge in [-0.3, -0.25) is 19.3 Å². The van der Waals surface area contributed by atoms with Gasteiger partial charge in [-0.2, -0.15) is 0 Å². The summed E-state index contributed by atoms with van der Waals surface area (Å²) >= 11 is 5.86. The van der Waals surface area contributed by atoms with Crippen LogP contribution in [0.2, 0.25) is 5.02 Å². The fourth-order valence-electron chi connectivity index (χ4n) is 2.78. The quantitative estimate of drug-likeness (QED) is 0.540. The van der Waals surface area contributed by atoms with Crippen LogP contribution in [0.5, 0.6) is 0 Å². The average Bonchev–Trinajstić information content (AvgIpc) is 2.70. The van der Waals surface area contributed by atoms with Gasteiger partial charge in [0.25, 0.3) is 0 Å². The monoisotopic (exact) mass is 430 g/mol. The van der Waals surface area contributed by atoms with E-state index in [9.17, 15) is 14.4 Å². The van der Waals surface area contributed by atoms with Crippen molar-refractivity contribution in [3.63, 3.8) is 0 Å². The smallest absolute Gasteiger partial charge is 0.238 e. The maximum absolute atomic E-state index is 12.3. The molecule has 0 aromatic heterocycles. The van der Waals surface area contributed by atoms with Crippen molar-refractivity contribution < 1.29 is 14.4 Å². The van der Waals surface area contributed by atoms with E-state index in [4.69, 9.17) is 11.6 Å². The average molecular weight is 431 g/mol. The lowest BCUT2D eigenvalue weighted by Crippen LogP contribution is -2.41. The predicted molar refractivity (Wildman–Crippen MR) is 120 cm³/mol. The van der Waals surface area contributed by atoms with E-state index in [0.29, 0.717) is 35.9 Å². The van der Waals surface area contributed by atoms with Crippen LogP contribution < -0.4 is 16.0 Å². The summed E-state index contributed by atoms with van der Waals surface area (Å²) in [5, 5.41) is 9.02. The summed E-state index contributed by atoms with van der Waals surface area (Å²) in [6, 6.07) is 14.4. The molecule has 30 heavy (non-hydrogen) atoms. The van der Waals surface area contributed by atoms with Gasteiger partial charge in [-0.05, 0) is 54.9 Å². The zero-order valence-electron chi connectivity index (χ0n) is 17.2. The van der Waals surface area contributed by atoms with E-state index in [2.05, 4.69) is 16.0 Å². The molecular formula is C22H27ClN4O3. The van der Waals surface area contributed by atoms with Gasteiger partial charge in [-0.25, -0.2) is 0 Å². The van der Waals surface area contributed by atoms with Crippen molar-refractivity contribution in [1.29, 1.82) is 0 Å². The van der Waals surface area contributed by atoms with Gasteiger partial charge in [-0.1, -0.05) is 30.7 Å². The second kappa shape index (κ2) is 11.9. The van der Waals surface area contributed by atoms with Crippen molar-refractivity contribution in [2.75, 3.05) is 36.8 Å². The molecule has 160 valence electrons. The minimum atomic E-state index is -0.210. The molecule has 0 aliphatic carbocycles. The Morgan fingerprint density at radius 2 is 1.43 bits per heavy atom. The predicted octanol–water partition coefficient (Wildman–Crippen LogP) is 2.92. The van der Waals surface area contributed by atoms with Crippen LogP contribution >= 0.6 is 11.6 Å². The Kier molecular flexibility index (Phi) is 9.31.